The summed E-state index contributed by atoms with van der Waals surface area (Å²) in [5.74, 6) is 3.84. The number of guanidine groups is 1. The lowest BCUT2D eigenvalue weighted by molar-refractivity contribution is 0.256. The van der Waals surface area contributed by atoms with Crippen LogP contribution < -0.4 is 20.1 Å². The molecule has 0 atom stereocenters. The molecule has 0 fully saturated rings. The molecule has 0 aliphatic carbocycles. The second kappa shape index (κ2) is 10.3. The highest BCUT2D eigenvalue weighted by Crippen LogP contribution is 2.33. The van der Waals surface area contributed by atoms with Crippen LogP contribution in [0.3, 0.4) is 0 Å². The van der Waals surface area contributed by atoms with Crippen LogP contribution in [0.15, 0.2) is 21.5 Å². The number of benzene rings is 1. The molecule has 0 saturated heterocycles. The second-order valence-corrected chi connectivity index (χ2v) is 7.37. The number of aromatic nitrogens is 1. The molecule has 2 heterocycles. The molecule has 2 aromatic rings. The van der Waals surface area contributed by atoms with Crippen LogP contribution in [0.25, 0.3) is 0 Å². The van der Waals surface area contributed by atoms with Crippen molar-refractivity contribution in [1.82, 2.24) is 20.5 Å². The zero-order valence-corrected chi connectivity index (χ0v) is 18.7. The van der Waals surface area contributed by atoms with Gasteiger partial charge in [-0.05, 0) is 50.5 Å². The largest absolute Gasteiger partial charge is 0.493 e. The number of rotatable bonds is 8. The van der Waals surface area contributed by atoms with Gasteiger partial charge in [0.15, 0.2) is 17.5 Å². The van der Waals surface area contributed by atoms with Crippen molar-refractivity contribution in [2.24, 2.45) is 4.99 Å². The molecule has 0 spiro atoms. The van der Waals surface area contributed by atoms with Gasteiger partial charge in [0.1, 0.15) is 12.3 Å². The van der Waals surface area contributed by atoms with Crippen LogP contribution in [0.1, 0.15) is 35.4 Å². The molecule has 0 bridgehead atoms. The summed E-state index contributed by atoms with van der Waals surface area (Å²) in [7, 11) is 3.36. The standard InChI is InChI=1S/C22H33N5O3/c1-6-23-22(25-13-21-26-15(2)16(3)30-21)24-8-10-27-9-7-17-11-19(28-4)20(29-5)12-18(17)14-27/h11-12H,6-10,13-14H2,1-5H3,(H2,23,24,25). The second-order valence-electron chi connectivity index (χ2n) is 7.37. The lowest BCUT2D eigenvalue weighted by Crippen LogP contribution is -2.42. The van der Waals surface area contributed by atoms with Crippen molar-refractivity contribution in [1.29, 1.82) is 0 Å². The molecule has 8 heteroatoms. The van der Waals surface area contributed by atoms with Crippen molar-refractivity contribution in [3.05, 3.63) is 40.6 Å². The predicted octanol–water partition coefficient (Wildman–Crippen LogP) is 2.42. The molecule has 0 radical (unpaired) electrons. The quantitative estimate of drug-likeness (QED) is 0.506. The van der Waals surface area contributed by atoms with E-state index in [1.54, 1.807) is 14.2 Å². The normalized spacial score (nSPS) is 14.4. The van der Waals surface area contributed by atoms with E-state index in [1.165, 1.54) is 11.1 Å². The topological polar surface area (TPSA) is 84.2 Å². The Kier molecular flexibility index (Phi) is 7.57. The Morgan fingerprint density at radius 3 is 2.53 bits per heavy atom. The van der Waals surface area contributed by atoms with Crippen molar-refractivity contribution >= 4 is 5.96 Å². The Labute approximate surface area is 178 Å². The molecule has 1 aliphatic heterocycles. The number of methoxy groups -OCH3 is 2. The Hall–Kier alpha value is -2.74. The predicted molar refractivity (Wildman–Crippen MR) is 117 cm³/mol. The zero-order valence-electron chi connectivity index (χ0n) is 18.7. The van der Waals surface area contributed by atoms with E-state index >= 15 is 0 Å². The molecule has 0 amide bonds. The highest BCUT2D eigenvalue weighted by Gasteiger charge is 2.19. The van der Waals surface area contributed by atoms with E-state index in [9.17, 15) is 0 Å². The van der Waals surface area contributed by atoms with Crippen molar-refractivity contribution in [2.45, 2.75) is 40.3 Å². The van der Waals surface area contributed by atoms with Crippen LogP contribution in [-0.4, -0.2) is 56.2 Å². The first-order chi connectivity index (χ1) is 14.5. The molecule has 30 heavy (non-hydrogen) atoms. The van der Waals surface area contributed by atoms with Gasteiger partial charge in [-0.25, -0.2) is 9.98 Å². The minimum absolute atomic E-state index is 0.419. The van der Waals surface area contributed by atoms with Crippen LogP contribution in [-0.2, 0) is 19.5 Å². The lowest BCUT2D eigenvalue weighted by Gasteiger charge is -2.29. The van der Waals surface area contributed by atoms with Crippen molar-refractivity contribution in [2.75, 3.05) is 40.4 Å². The number of hydrogen-bond donors (Lipinski definition) is 2. The smallest absolute Gasteiger partial charge is 0.216 e. The highest BCUT2D eigenvalue weighted by molar-refractivity contribution is 5.79. The molecule has 164 valence electrons. The van der Waals surface area contributed by atoms with Gasteiger partial charge in [-0.2, -0.15) is 0 Å². The first-order valence-electron chi connectivity index (χ1n) is 10.4. The molecule has 1 aromatic heterocycles. The average Bonchev–Trinajstić information content (AvgIpc) is 3.08. The monoisotopic (exact) mass is 415 g/mol. The maximum atomic E-state index is 5.61. The van der Waals surface area contributed by atoms with E-state index in [0.29, 0.717) is 12.4 Å². The van der Waals surface area contributed by atoms with Gasteiger partial charge in [-0.15, -0.1) is 0 Å². The number of hydrogen-bond acceptors (Lipinski definition) is 6. The fourth-order valence-electron chi connectivity index (χ4n) is 3.56. The molecule has 0 unspecified atom stereocenters. The number of nitrogens with zero attached hydrogens (tertiary/aromatic N) is 3. The summed E-state index contributed by atoms with van der Waals surface area (Å²) in [5.41, 5.74) is 3.55. The third kappa shape index (κ3) is 5.44. The van der Waals surface area contributed by atoms with E-state index in [2.05, 4.69) is 44.6 Å². The van der Waals surface area contributed by atoms with E-state index in [1.807, 2.05) is 13.8 Å². The number of aryl methyl sites for hydroxylation is 2. The molecule has 1 aliphatic rings. The first kappa shape index (κ1) is 22.0. The van der Waals surface area contributed by atoms with E-state index in [4.69, 9.17) is 13.9 Å². The average molecular weight is 416 g/mol. The fourth-order valence-corrected chi connectivity index (χ4v) is 3.56. The molecular formula is C22H33N5O3. The number of oxazole rings is 1. The number of ether oxygens (including phenoxy) is 2. The Bertz CT molecular complexity index is 858. The van der Waals surface area contributed by atoms with Gasteiger partial charge >= 0.3 is 0 Å². The van der Waals surface area contributed by atoms with Crippen molar-refractivity contribution in [3.8, 4) is 11.5 Å². The summed E-state index contributed by atoms with van der Waals surface area (Å²) in [5, 5.41) is 6.68. The summed E-state index contributed by atoms with van der Waals surface area (Å²) < 4.78 is 16.5. The van der Waals surface area contributed by atoms with Gasteiger partial charge in [0, 0.05) is 32.7 Å². The molecular weight excluding hydrogens is 382 g/mol. The summed E-state index contributed by atoms with van der Waals surface area (Å²) in [6, 6.07) is 4.20. The Morgan fingerprint density at radius 2 is 1.90 bits per heavy atom. The van der Waals surface area contributed by atoms with Crippen LogP contribution >= 0.6 is 0 Å². The van der Waals surface area contributed by atoms with Crippen LogP contribution in [0.2, 0.25) is 0 Å². The maximum Gasteiger partial charge on any atom is 0.216 e. The van der Waals surface area contributed by atoms with E-state index in [0.717, 1.165) is 68.1 Å². The summed E-state index contributed by atoms with van der Waals surface area (Å²) >= 11 is 0. The third-order valence-corrected chi connectivity index (χ3v) is 5.31. The van der Waals surface area contributed by atoms with Gasteiger partial charge in [0.25, 0.3) is 0 Å². The van der Waals surface area contributed by atoms with Crippen molar-refractivity contribution < 1.29 is 13.9 Å². The lowest BCUT2D eigenvalue weighted by atomic mass is 9.99. The summed E-state index contributed by atoms with van der Waals surface area (Å²) in [6.45, 7) is 10.8. The van der Waals surface area contributed by atoms with Crippen LogP contribution in [0.5, 0.6) is 11.5 Å². The maximum absolute atomic E-state index is 5.61. The number of aliphatic imine (C=N–C) groups is 1. The molecule has 3 rings (SSSR count). The minimum Gasteiger partial charge on any atom is -0.493 e. The molecule has 1 aromatic carbocycles. The van der Waals surface area contributed by atoms with Crippen LogP contribution in [0, 0.1) is 13.8 Å². The van der Waals surface area contributed by atoms with Gasteiger partial charge in [-0.1, -0.05) is 0 Å². The number of nitrogens with one attached hydrogen (secondary N) is 2. The van der Waals surface area contributed by atoms with Gasteiger partial charge in [-0.3, -0.25) is 4.90 Å². The van der Waals surface area contributed by atoms with Crippen molar-refractivity contribution in [3.63, 3.8) is 0 Å². The van der Waals surface area contributed by atoms with Gasteiger partial charge < -0.3 is 24.5 Å². The molecule has 2 N–H and O–H groups in total. The molecule has 0 saturated carbocycles. The van der Waals surface area contributed by atoms with E-state index < -0.39 is 0 Å². The first-order valence-corrected chi connectivity index (χ1v) is 10.4. The minimum atomic E-state index is 0.419. The zero-order chi connectivity index (χ0) is 21.5. The van der Waals surface area contributed by atoms with Gasteiger partial charge in [0.05, 0.1) is 19.9 Å². The molecule has 8 nitrogen and oxygen atoms in total. The Balaban J connectivity index is 1.53. The fraction of sp³-hybridized carbons (Fsp3) is 0.545. The summed E-state index contributed by atoms with van der Waals surface area (Å²) in [6.07, 6.45) is 1.01. The van der Waals surface area contributed by atoms with E-state index in [-0.39, 0.29) is 0 Å². The number of fused-ring (bicyclic) bond motifs is 1. The third-order valence-electron chi connectivity index (χ3n) is 5.31. The Morgan fingerprint density at radius 1 is 1.17 bits per heavy atom. The SMILES string of the molecule is CCNC(=NCc1nc(C)c(C)o1)NCCN1CCc2cc(OC)c(OC)cc2C1. The van der Waals surface area contributed by atoms with Gasteiger partial charge in [0.2, 0.25) is 5.89 Å². The highest BCUT2D eigenvalue weighted by atomic mass is 16.5. The summed E-state index contributed by atoms with van der Waals surface area (Å²) in [4.78, 5) is 11.4. The van der Waals surface area contributed by atoms with Crippen LogP contribution in [0.4, 0.5) is 0 Å².